The molecular formula is C6H9N3O2S2. The van der Waals surface area contributed by atoms with E-state index >= 15 is 0 Å². The number of carboxylic acid groups (broad SMARTS) is 1. The summed E-state index contributed by atoms with van der Waals surface area (Å²) in [6, 6.07) is -0.951. The fraction of sp³-hybridized carbons (Fsp3) is 0.500. The van der Waals surface area contributed by atoms with Gasteiger partial charge in [0.2, 0.25) is 0 Å². The zero-order chi connectivity index (χ0) is 10.0. The Morgan fingerprint density at radius 3 is 2.92 bits per heavy atom. The minimum Gasteiger partial charge on any atom is -0.480 e. The second kappa shape index (κ2) is 3.95. The van der Waals surface area contributed by atoms with Crippen molar-refractivity contribution in [1.82, 2.24) is 9.78 Å². The quantitative estimate of drug-likeness (QED) is 0.719. The average Bonchev–Trinajstić information content (AvgIpc) is 2.30. The summed E-state index contributed by atoms with van der Waals surface area (Å²) in [4.78, 5) is 10.4. The van der Waals surface area contributed by atoms with Crippen LogP contribution in [0.3, 0.4) is 0 Å². The molecule has 0 aromatic carbocycles. The van der Waals surface area contributed by atoms with E-state index in [2.05, 4.69) is 5.10 Å². The van der Waals surface area contributed by atoms with Crippen molar-refractivity contribution < 1.29 is 9.90 Å². The van der Waals surface area contributed by atoms with Crippen LogP contribution in [0.5, 0.6) is 0 Å². The third-order valence-electron chi connectivity index (χ3n) is 1.39. The Morgan fingerprint density at radius 2 is 2.54 bits per heavy atom. The van der Waals surface area contributed by atoms with Gasteiger partial charge in [0, 0.05) is 0 Å². The SMILES string of the molecule is Cc1nn(C[C@H](N)C(=O)O)c(=S)s1. The largest absolute Gasteiger partial charge is 0.480 e. The lowest BCUT2D eigenvalue weighted by molar-refractivity contribution is -0.138. The Hall–Kier alpha value is -0.790. The molecule has 0 amide bonds. The van der Waals surface area contributed by atoms with E-state index in [1.54, 1.807) is 0 Å². The summed E-state index contributed by atoms with van der Waals surface area (Å²) in [7, 11) is 0. The van der Waals surface area contributed by atoms with Gasteiger partial charge in [-0.3, -0.25) is 4.79 Å². The van der Waals surface area contributed by atoms with E-state index in [-0.39, 0.29) is 6.54 Å². The van der Waals surface area contributed by atoms with Crippen molar-refractivity contribution >= 4 is 29.5 Å². The Balaban J connectivity index is 2.80. The number of nitrogens with two attached hydrogens (primary N) is 1. The van der Waals surface area contributed by atoms with Gasteiger partial charge >= 0.3 is 5.97 Å². The first-order valence-electron chi connectivity index (χ1n) is 3.53. The van der Waals surface area contributed by atoms with Crippen LogP contribution in [-0.2, 0) is 11.3 Å². The molecule has 0 unspecified atom stereocenters. The second-order valence-electron chi connectivity index (χ2n) is 2.51. The van der Waals surface area contributed by atoms with Gasteiger partial charge in [-0.15, -0.1) is 0 Å². The van der Waals surface area contributed by atoms with E-state index in [0.717, 1.165) is 5.01 Å². The summed E-state index contributed by atoms with van der Waals surface area (Å²) < 4.78 is 1.99. The monoisotopic (exact) mass is 219 g/mol. The number of rotatable bonds is 3. The first-order chi connectivity index (χ1) is 6.00. The predicted molar refractivity (Wildman–Crippen MR) is 51.3 cm³/mol. The fourth-order valence-corrected chi connectivity index (χ4v) is 1.88. The van der Waals surface area contributed by atoms with Crippen LogP contribution in [0.15, 0.2) is 0 Å². The lowest BCUT2D eigenvalue weighted by Crippen LogP contribution is -2.35. The molecule has 1 atom stereocenters. The van der Waals surface area contributed by atoms with Crippen molar-refractivity contribution in [1.29, 1.82) is 0 Å². The van der Waals surface area contributed by atoms with Gasteiger partial charge in [-0.2, -0.15) is 5.10 Å². The number of aliphatic carboxylic acids is 1. The molecule has 0 saturated heterocycles. The minimum absolute atomic E-state index is 0.124. The van der Waals surface area contributed by atoms with Crippen LogP contribution in [0.4, 0.5) is 0 Å². The van der Waals surface area contributed by atoms with E-state index in [4.69, 9.17) is 23.1 Å². The highest BCUT2D eigenvalue weighted by Crippen LogP contribution is 2.06. The molecular weight excluding hydrogens is 210 g/mol. The predicted octanol–water partition coefficient (Wildman–Crippen LogP) is 0.394. The maximum Gasteiger partial charge on any atom is 0.322 e. The fourth-order valence-electron chi connectivity index (χ4n) is 0.790. The van der Waals surface area contributed by atoms with E-state index in [0.29, 0.717) is 3.95 Å². The molecule has 7 heteroatoms. The smallest absolute Gasteiger partial charge is 0.322 e. The summed E-state index contributed by atoms with van der Waals surface area (Å²) in [5.41, 5.74) is 5.32. The molecule has 0 spiro atoms. The minimum atomic E-state index is -1.05. The van der Waals surface area contributed by atoms with Crippen molar-refractivity contribution in [3.05, 3.63) is 8.96 Å². The van der Waals surface area contributed by atoms with E-state index in [1.165, 1.54) is 16.0 Å². The number of aryl methyl sites for hydroxylation is 1. The number of carboxylic acids is 1. The molecule has 0 aliphatic heterocycles. The van der Waals surface area contributed by atoms with Gasteiger partial charge in [-0.25, -0.2) is 4.68 Å². The van der Waals surface area contributed by atoms with Crippen molar-refractivity contribution in [2.24, 2.45) is 5.73 Å². The van der Waals surface area contributed by atoms with E-state index in [9.17, 15) is 4.79 Å². The highest BCUT2D eigenvalue weighted by atomic mass is 32.1. The van der Waals surface area contributed by atoms with Gasteiger partial charge in [-0.05, 0) is 19.1 Å². The molecule has 0 fully saturated rings. The van der Waals surface area contributed by atoms with Crippen molar-refractivity contribution in [2.45, 2.75) is 19.5 Å². The maximum absolute atomic E-state index is 10.4. The van der Waals surface area contributed by atoms with E-state index in [1.807, 2.05) is 6.92 Å². The summed E-state index contributed by atoms with van der Waals surface area (Å²) in [5.74, 6) is -1.05. The zero-order valence-electron chi connectivity index (χ0n) is 6.93. The lowest BCUT2D eigenvalue weighted by Gasteiger charge is -2.04. The van der Waals surface area contributed by atoms with Crippen LogP contribution in [0, 0.1) is 10.9 Å². The Labute approximate surface area is 83.8 Å². The van der Waals surface area contributed by atoms with Crippen LogP contribution in [0.2, 0.25) is 0 Å². The molecule has 3 N–H and O–H groups in total. The van der Waals surface area contributed by atoms with Gasteiger partial charge in [0.05, 0.1) is 6.54 Å². The maximum atomic E-state index is 10.4. The third-order valence-corrected chi connectivity index (χ3v) is 2.62. The first-order valence-corrected chi connectivity index (χ1v) is 4.76. The highest BCUT2D eigenvalue weighted by Gasteiger charge is 2.13. The molecule has 0 aliphatic carbocycles. The molecule has 1 aromatic rings. The number of nitrogens with zero attached hydrogens (tertiary/aromatic N) is 2. The molecule has 0 bridgehead atoms. The lowest BCUT2D eigenvalue weighted by atomic mass is 10.3. The molecule has 0 saturated carbocycles. The molecule has 1 heterocycles. The standard InChI is InChI=1S/C6H9N3O2S2/c1-3-8-9(6(12)13-3)2-4(7)5(10)11/h4H,2,7H2,1H3,(H,10,11)/t4-/m0/s1. The molecule has 1 aromatic heterocycles. The summed E-state index contributed by atoms with van der Waals surface area (Å²) in [6.07, 6.45) is 0. The molecule has 1 rings (SSSR count). The Bertz CT molecular complexity index is 370. The van der Waals surface area contributed by atoms with Crippen molar-refractivity contribution in [2.75, 3.05) is 0 Å². The van der Waals surface area contributed by atoms with Gasteiger partial charge in [0.15, 0.2) is 3.95 Å². The van der Waals surface area contributed by atoms with Gasteiger partial charge < -0.3 is 10.8 Å². The average molecular weight is 219 g/mol. The molecule has 13 heavy (non-hydrogen) atoms. The van der Waals surface area contributed by atoms with Crippen LogP contribution >= 0.6 is 23.6 Å². The first kappa shape index (κ1) is 10.3. The third kappa shape index (κ3) is 2.58. The van der Waals surface area contributed by atoms with E-state index < -0.39 is 12.0 Å². The van der Waals surface area contributed by atoms with Crippen molar-refractivity contribution in [3.8, 4) is 0 Å². The molecule has 0 radical (unpaired) electrons. The molecule has 5 nitrogen and oxygen atoms in total. The Morgan fingerprint density at radius 1 is 1.92 bits per heavy atom. The number of aromatic nitrogens is 2. The Kier molecular flexibility index (Phi) is 3.12. The number of hydrogen-bond acceptors (Lipinski definition) is 5. The van der Waals surface area contributed by atoms with Crippen LogP contribution in [0.1, 0.15) is 5.01 Å². The second-order valence-corrected chi connectivity index (χ2v) is 4.34. The van der Waals surface area contributed by atoms with Crippen molar-refractivity contribution in [3.63, 3.8) is 0 Å². The summed E-state index contributed by atoms with van der Waals surface area (Å²) >= 11 is 6.29. The van der Waals surface area contributed by atoms with Crippen LogP contribution in [-0.4, -0.2) is 26.9 Å². The molecule has 72 valence electrons. The van der Waals surface area contributed by atoms with Gasteiger partial charge in [0.25, 0.3) is 0 Å². The number of carbonyl (C=O) groups is 1. The van der Waals surface area contributed by atoms with Gasteiger partial charge in [0.1, 0.15) is 11.0 Å². The number of hydrogen-bond donors (Lipinski definition) is 2. The normalized spacial score (nSPS) is 12.8. The highest BCUT2D eigenvalue weighted by molar-refractivity contribution is 7.73. The summed E-state index contributed by atoms with van der Waals surface area (Å²) in [5, 5.41) is 13.4. The summed E-state index contributed by atoms with van der Waals surface area (Å²) in [6.45, 7) is 1.93. The van der Waals surface area contributed by atoms with Crippen LogP contribution < -0.4 is 5.73 Å². The topological polar surface area (TPSA) is 81.1 Å². The zero-order valence-corrected chi connectivity index (χ0v) is 8.56. The van der Waals surface area contributed by atoms with Crippen LogP contribution in [0.25, 0.3) is 0 Å². The molecule has 0 aliphatic rings. The van der Waals surface area contributed by atoms with Gasteiger partial charge in [-0.1, -0.05) is 11.3 Å².